The normalized spacial score (nSPS) is 15.5. The first-order chi connectivity index (χ1) is 14.0. The van der Waals surface area contributed by atoms with Gasteiger partial charge in [-0.3, -0.25) is 9.59 Å². The Bertz CT molecular complexity index is 1020. The number of fused-ring (bicyclic) bond motifs is 2. The van der Waals surface area contributed by atoms with E-state index in [1.807, 2.05) is 53.4 Å². The minimum atomic E-state index is -0.655. The monoisotopic (exact) mass is 410 g/mol. The first-order valence-electron chi connectivity index (χ1n) is 9.36. The standard InChI is InChI=1S/C21H22N4O3S/c1-22-21(27)17-11-25(15-8-4-5-9-16(15)28-17)13-20(26)24(2)12-19-23-14-7-3-6-10-18(14)29-19/h3-10,17H,11-13H2,1-2H3,(H,22,27)/t17-/m0/s1. The van der Waals surface area contributed by atoms with E-state index in [-0.39, 0.29) is 18.4 Å². The fourth-order valence-electron chi connectivity index (χ4n) is 3.32. The smallest absolute Gasteiger partial charge is 0.262 e. The lowest BCUT2D eigenvalue weighted by Gasteiger charge is -2.35. The van der Waals surface area contributed by atoms with E-state index in [4.69, 9.17) is 4.74 Å². The summed E-state index contributed by atoms with van der Waals surface area (Å²) in [6.07, 6.45) is -0.655. The number of nitrogens with zero attached hydrogens (tertiary/aromatic N) is 3. The summed E-state index contributed by atoms with van der Waals surface area (Å²) in [7, 11) is 3.35. The Hall–Kier alpha value is -3.13. The molecule has 0 radical (unpaired) electrons. The zero-order valence-corrected chi connectivity index (χ0v) is 17.1. The predicted octanol–water partition coefficient (Wildman–Crippen LogP) is 2.27. The number of aromatic nitrogens is 1. The molecule has 0 unspecified atom stereocenters. The molecule has 3 aromatic rings. The van der Waals surface area contributed by atoms with E-state index in [0.29, 0.717) is 18.8 Å². The van der Waals surface area contributed by atoms with Crippen molar-refractivity contribution in [1.29, 1.82) is 0 Å². The third kappa shape index (κ3) is 4.02. The molecule has 1 aliphatic rings. The highest BCUT2D eigenvalue weighted by Gasteiger charge is 2.31. The van der Waals surface area contributed by atoms with Gasteiger partial charge in [0.1, 0.15) is 10.8 Å². The van der Waals surface area contributed by atoms with E-state index in [1.165, 1.54) is 0 Å². The highest BCUT2D eigenvalue weighted by molar-refractivity contribution is 7.18. The zero-order chi connectivity index (χ0) is 20.4. The van der Waals surface area contributed by atoms with Gasteiger partial charge in [-0.1, -0.05) is 24.3 Å². The van der Waals surface area contributed by atoms with Crippen LogP contribution < -0.4 is 15.0 Å². The molecule has 0 spiro atoms. The number of ether oxygens (including phenoxy) is 1. The fraction of sp³-hybridized carbons (Fsp3) is 0.286. The third-order valence-corrected chi connectivity index (χ3v) is 5.88. The Labute approximate surface area is 172 Å². The van der Waals surface area contributed by atoms with Crippen LogP contribution in [0.4, 0.5) is 5.69 Å². The van der Waals surface area contributed by atoms with Gasteiger partial charge >= 0.3 is 0 Å². The fourth-order valence-corrected chi connectivity index (χ4v) is 4.34. The molecule has 2 aromatic carbocycles. The van der Waals surface area contributed by atoms with Crippen molar-refractivity contribution in [2.24, 2.45) is 0 Å². The van der Waals surface area contributed by atoms with Crippen LogP contribution in [-0.2, 0) is 16.1 Å². The summed E-state index contributed by atoms with van der Waals surface area (Å²) in [6, 6.07) is 15.4. The number of para-hydroxylation sites is 3. The largest absolute Gasteiger partial charge is 0.477 e. The van der Waals surface area contributed by atoms with Gasteiger partial charge in [-0.05, 0) is 24.3 Å². The van der Waals surface area contributed by atoms with Crippen LogP contribution in [0.5, 0.6) is 5.75 Å². The number of rotatable bonds is 5. The highest BCUT2D eigenvalue weighted by Crippen LogP contribution is 2.33. The second kappa shape index (κ2) is 8.08. The van der Waals surface area contributed by atoms with Gasteiger partial charge in [0.2, 0.25) is 5.91 Å². The number of benzene rings is 2. The molecule has 7 nitrogen and oxygen atoms in total. The third-order valence-electron chi connectivity index (χ3n) is 4.86. The van der Waals surface area contributed by atoms with Crippen molar-refractivity contribution < 1.29 is 14.3 Å². The molecule has 1 N–H and O–H groups in total. The van der Waals surface area contributed by atoms with Crippen LogP contribution in [0.1, 0.15) is 5.01 Å². The molecule has 0 aliphatic carbocycles. The van der Waals surface area contributed by atoms with Gasteiger partial charge < -0.3 is 19.9 Å². The van der Waals surface area contributed by atoms with E-state index in [2.05, 4.69) is 10.3 Å². The number of thiazole rings is 1. The Morgan fingerprint density at radius 1 is 1.24 bits per heavy atom. The Morgan fingerprint density at radius 2 is 2.00 bits per heavy atom. The number of carbonyl (C=O) groups is 2. The van der Waals surface area contributed by atoms with E-state index in [0.717, 1.165) is 20.9 Å². The van der Waals surface area contributed by atoms with E-state index < -0.39 is 6.10 Å². The molecule has 0 fully saturated rings. The van der Waals surface area contributed by atoms with Crippen LogP contribution in [0.25, 0.3) is 10.2 Å². The van der Waals surface area contributed by atoms with Crippen LogP contribution in [-0.4, -0.2) is 55.0 Å². The number of amides is 2. The van der Waals surface area contributed by atoms with E-state index in [1.54, 1.807) is 30.3 Å². The van der Waals surface area contributed by atoms with Crippen LogP contribution in [0.3, 0.4) is 0 Å². The van der Waals surface area contributed by atoms with Crippen LogP contribution >= 0.6 is 11.3 Å². The molecule has 2 amide bonds. The summed E-state index contributed by atoms with van der Waals surface area (Å²) in [5.41, 5.74) is 1.76. The van der Waals surface area contributed by atoms with Crippen LogP contribution in [0.2, 0.25) is 0 Å². The van der Waals surface area contributed by atoms with Crippen molar-refractivity contribution in [2.45, 2.75) is 12.6 Å². The highest BCUT2D eigenvalue weighted by atomic mass is 32.1. The first kappa shape index (κ1) is 19.2. The molecule has 1 aliphatic heterocycles. The van der Waals surface area contributed by atoms with Gasteiger partial charge in [-0.15, -0.1) is 11.3 Å². The maximum Gasteiger partial charge on any atom is 0.262 e. The number of hydrogen-bond donors (Lipinski definition) is 1. The van der Waals surface area contributed by atoms with E-state index in [9.17, 15) is 9.59 Å². The maximum atomic E-state index is 12.9. The summed E-state index contributed by atoms with van der Waals surface area (Å²) in [6.45, 7) is 0.926. The molecule has 4 rings (SSSR count). The molecule has 0 saturated heterocycles. The number of nitrogens with one attached hydrogen (secondary N) is 1. The zero-order valence-electron chi connectivity index (χ0n) is 16.3. The summed E-state index contributed by atoms with van der Waals surface area (Å²) in [5, 5.41) is 3.51. The van der Waals surface area contributed by atoms with Crippen LogP contribution in [0, 0.1) is 0 Å². The number of carbonyl (C=O) groups excluding carboxylic acids is 2. The van der Waals surface area contributed by atoms with Gasteiger partial charge in [0.25, 0.3) is 5.91 Å². The number of anilines is 1. The molecular weight excluding hydrogens is 388 g/mol. The molecule has 8 heteroatoms. The molecule has 29 heavy (non-hydrogen) atoms. The summed E-state index contributed by atoms with van der Waals surface area (Å²) >= 11 is 1.59. The minimum Gasteiger partial charge on any atom is -0.477 e. The minimum absolute atomic E-state index is 0.0448. The molecular formula is C21H22N4O3S. The quantitative estimate of drug-likeness (QED) is 0.699. The maximum absolute atomic E-state index is 12.9. The number of likely N-dealkylation sites (N-methyl/N-ethyl adjacent to an activating group) is 2. The lowest BCUT2D eigenvalue weighted by molar-refractivity contribution is -0.130. The lowest BCUT2D eigenvalue weighted by Crippen LogP contribution is -2.50. The Morgan fingerprint density at radius 3 is 2.79 bits per heavy atom. The van der Waals surface area contributed by atoms with Crippen molar-refractivity contribution in [3.05, 3.63) is 53.5 Å². The predicted molar refractivity (Wildman–Crippen MR) is 113 cm³/mol. The number of hydrogen-bond acceptors (Lipinski definition) is 6. The molecule has 0 saturated carbocycles. The average Bonchev–Trinajstić information content (AvgIpc) is 3.15. The van der Waals surface area contributed by atoms with Gasteiger partial charge in [0.05, 0.1) is 35.5 Å². The molecule has 1 aromatic heterocycles. The second-order valence-corrected chi connectivity index (χ2v) is 8.01. The SMILES string of the molecule is CNC(=O)[C@@H]1CN(CC(=O)N(C)Cc2nc3ccccc3s2)c2ccccc2O1. The summed E-state index contributed by atoms with van der Waals surface area (Å²) in [4.78, 5) is 33.2. The van der Waals surface area contributed by atoms with Crippen molar-refractivity contribution in [3.8, 4) is 5.75 Å². The van der Waals surface area contributed by atoms with Crippen molar-refractivity contribution in [3.63, 3.8) is 0 Å². The molecule has 0 bridgehead atoms. The summed E-state index contributed by atoms with van der Waals surface area (Å²) in [5.74, 6) is 0.352. The average molecular weight is 410 g/mol. The van der Waals surface area contributed by atoms with Crippen molar-refractivity contribution >= 4 is 39.1 Å². The topological polar surface area (TPSA) is 74.8 Å². The Balaban J connectivity index is 1.48. The Kier molecular flexibility index (Phi) is 5.35. The van der Waals surface area contributed by atoms with Gasteiger partial charge in [-0.25, -0.2) is 4.98 Å². The van der Waals surface area contributed by atoms with Crippen molar-refractivity contribution in [2.75, 3.05) is 32.1 Å². The van der Waals surface area contributed by atoms with Gasteiger partial charge in [0, 0.05) is 14.1 Å². The van der Waals surface area contributed by atoms with Gasteiger partial charge in [0.15, 0.2) is 6.10 Å². The molecule has 2 heterocycles. The second-order valence-electron chi connectivity index (χ2n) is 6.89. The molecule has 150 valence electrons. The van der Waals surface area contributed by atoms with Crippen molar-refractivity contribution in [1.82, 2.24) is 15.2 Å². The van der Waals surface area contributed by atoms with Gasteiger partial charge in [-0.2, -0.15) is 0 Å². The summed E-state index contributed by atoms with van der Waals surface area (Å²) < 4.78 is 6.91. The first-order valence-corrected chi connectivity index (χ1v) is 10.2. The van der Waals surface area contributed by atoms with Crippen LogP contribution in [0.15, 0.2) is 48.5 Å². The van der Waals surface area contributed by atoms with E-state index >= 15 is 0 Å². The lowest BCUT2D eigenvalue weighted by atomic mass is 10.1. The molecule has 1 atom stereocenters.